The van der Waals surface area contributed by atoms with Crippen molar-refractivity contribution in [2.75, 3.05) is 46.9 Å². The van der Waals surface area contributed by atoms with Crippen molar-refractivity contribution < 1.29 is 14.7 Å². The minimum Gasteiger partial charge on any atom is -0.396 e. The fourth-order valence-electron chi connectivity index (χ4n) is 1.72. The third-order valence-electron chi connectivity index (χ3n) is 2.98. The number of aliphatic hydroxyl groups excluding tert-OH is 1. The molecule has 0 rings (SSSR count). The summed E-state index contributed by atoms with van der Waals surface area (Å²) in [4.78, 5) is 26.8. The number of nitrogens with one attached hydrogen (secondary N) is 1. The Morgan fingerprint density at radius 2 is 1.80 bits per heavy atom. The van der Waals surface area contributed by atoms with Gasteiger partial charge >= 0.3 is 0 Å². The van der Waals surface area contributed by atoms with Crippen molar-refractivity contribution in [2.24, 2.45) is 0 Å². The number of unbranched alkanes of at least 4 members (excludes halogenated alkanes) is 2. The molecule has 2 N–H and O–H groups in total. The normalized spacial score (nSPS) is 10.7. The maximum Gasteiger partial charge on any atom is 0.239 e. The van der Waals surface area contributed by atoms with Gasteiger partial charge in [-0.05, 0) is 39.3 Å². The molecule has 6 nitrogen and oxygen atoms in total. The molecule has 0 radical (unpaired) electrons. The molecule has 0 bridgehead atoms. The average molecular weight is 287 g/mol. The fourth-order valence-corrected chi connectivity index (χ4v) is 1.72. The van der Waals surface area contributed by atoms with E-state index in [-0.39, 0.29) is 25.0 Å². The molecule has 2 amide bonds. The predicted molar refractivity (Wildman–Crippen MR) is 79.4 cm³/mol. The highest BCUT2D eigenvalue weighted by Gasteiger charge is 2.14. The standard InChI is InChI=1S/C14H29N3O3/c1-4-8-15-13(19)11-17(3)14(20)12-16(2)9-6-5-7-10-18/h18H,4-12H2,1-3H3,(H,15,19). The minimum atomic E-state index is -0.117. The van der Waals surface area contributed by atoms with Gasteiger partial charge in [-0.25, -0.2) is 0 Å². The molecule has 0 aromatic carbocycles. The van der Waals surface area contributed by atoms with Crippen molar-refractivity contribution >= 4 is 11.8 Å². The van der Waals surface area contributed by atoms with E-state index in [9.17, 15) is 9.59 Å². The molecule has 0 atom stereocenters. The topological polar surface area (TPSA) is 72.9 Å². The molecule has 0 saturated heterocycles. The zero-order valence-corrected chi connectivity index (χ0v) is 13.0. The Balaban J connectivity index is 3.85. The summed E-state index contributed by atoms with van der Waals surface area (Å²) in [6.07, 6.45) is 3.62. The summed E-state index contributed by atoms with van der Waals surface area (Å²) in [5, 5.41) is 11.4. The largest absolute Gasteiger partial charge is 0.396 e. The third-order valence-corrected chi connectivity index (χ3v) is 2.98. The van der Waals surface area contributed by atoms with Gasteiger partial charge in [-0.2, -0.15) is 0 Å². The van der Waals surface area contributed by atoms with E-state index in [1.807, 2.05) is 18.9 Å². The van der Waals surface area contributed by atoms with Crippen LogP contribution in [0.2, 0.25) is 0 Å². The number of aliphatic hydroxyl groups is 1. The van der Waals surface area contributed by atoms with Crippen LogP contribution in [0.1, 0.15) is 32.6 Å². The first-order chi connectivity index (χ1) is 9.51. The van der Waals surface area contributed by atoms with Crippen LogP contribution in [0.5, 0.6) is 0 Å². The summed E-state index contributed by atoms with van der Waals surface area (Å²) < 4.78 is 0. The van der Waals surface area contributed by atoms with Gasteiger partial charge in [-0.1, -0.05) is 6.92 Å². The van der Waals surface area contributed by atoms with Crippen LogP contribution < -0.4 is 5.32 Å². The molecule has 20 heavy (non-hydrogen) atoms. The van der Waals surface area contributed by atoms with Crippen molar-refractivity contribution in [3.05, 3.63) is 0 Å². The van der Waals surface area contributed by atoms with Gasteiger partial charge in [0.25, 0.3) is 0 Å². The van der Waals surface area contributed by atoms with E-state index in [0.717, 1.165) is 32.2 Å². The molecular weight excluding hydrogens is 258 g/mol. The number of hydrogen-bond acceptors (Lipinski definition) is 4. The van der Waals surface area contributed by atoms with E-state index in [0.29, 0.717) is 13.1 Å². The summed E-state index contributed by atoms with van der Waals surface area (Å²) in [6.45, 7) is 4.10. The highest BCUT2D eigenvalue weighted by Crippen LogP contribution is 1.97. The zero-order valence-electron chi connectivity index (χ0n) is 13.0. The lowest BCUT2D eigenvalue weighted by atomic mass is 10.2. The predicted octanol–water partition coefficient (Wildman–Crippen LogP) is 0.0654. The molecule has 0 aromatic rings. The van der Waals surface area contributed by atoms with E-state index in [1.54, 1.807) is 7.05 Å². The fraction of sp³-hybridized carbons (Fsp3) is 0.857. The van der Waals surface area contributed by atoms with E-state index >= 15 is 0 Å². The van der Waals surface area contributed by atoms with E-state index in [2.05, 4.69) is 5.32 Å². The summed E-state index contributed by atoms with van der Waals surface area (Å²) in [5.41, 5.74) is 0. The van der Waals surface area contributed by atoms with E-state index < -0.39 is 0 Å². The number of rotatable bonds is 11. The Morgan fingerprint density at radius 3 is 2.40 bits per heavy atom. The van der Waals surface area contributed by atoms with Crippen molar-refractivity contribution in [1.29, 1.82) is 0 Å². The zero-order chi connectivity index (χ0) is 15.4. The van der Waals surface area contributed by atoms with Gasteiger partial charge in [0.15, 0.2) is 0 Å². The summed E-state index contributed by atoms with van der Waals surface area (Å²) in [7, 11) is 3.54. The first-order valence-electron chi connectivity index (χ1n) is 7.31. The molecule has 0 aromatic heterocycles. The molecule has 0 aliphatic heterocycles. The maximum absolute atomic E-state index is 11.9. The van der Waals surface area contributed by atoms with Crippen LogP contribution in [-0.4, -0.2) is 73.6 Å². The van der Waals surface area contributed by atoms with Crippen LogP contribution in [0, 0.1) is 0 Å². The smallest absolute Gasteiger partial charge is 0.239 e. The molecule has 0 saturated carbocycles. The molecule has 0 aliphatic carbocycles. The van der Waals surface area contributed by atoms with Gasteiger partial charge in [-0.15, -0.1) is 0 Å². The van der Waals surface area contributed by atoms with Gasteiger partial charge < -0.3 is 15.3 Å². The van der Waals surface area contributed by atoms with Gasteiger partial charge in [0.05, 0.1) is 13.1 Å². The van der Waals surface area contributed by atoms with Gasteiger partial charge in [-0.3, -0.25) is 14.5 Å². The number of likely N-dealkylation sites (N-methyl/N-ethyl adjacent to an activating group) is 2. The van der Waals surface area contributed by atoms with Crippen LogP contribution in [0.3, 0.4) is 0 Å². The number of hydrogen-bond donors (Lipinski definition) is 2. The number of carbonyl (C=O) groups excluding carboxylic acids is 2. The number of carbonyl (C=O) groups is 2. The Bertz CT molecular complexity index is 285. The summed E-state index contributed by atoms with van der Waals surface area (Å²) in [6, 6.07) is 0. The first kappa shape index (κ1) is 18.9. The monoisotopic (exact) mass is 287 g/mol. The molecule has 0 unspecified atom stereocenters. The van der Waals surface area contributed by atoms with Crippen LogP contribution in [0.25, 0.3) is 0 Å². The van der Waals surface area contributed by atoms with Crippen molar-refractivity contribution in [2.45, 2.75) is 32.6 Å². The first-order valence-corrected chi connectivity index (χ1v) is 7.31. The van der Waals surface area contributed by atoms with Crippen LogP contribution >= 0.6 is 0 Å². The number of nitrogens with zero attached hydrogens (tertiary/aromatic N) is 2. The molecule has 0 fully saturated rings. The Labute approximate surface area is 122 Å². The highest BCUT2D eigenvalue weighted by atomic mass is 16.3. The third kappa shape index (κ3) is 9.75. The maximum atomic E-state index is 11.9. The van der Waals surface area contributed by atoms with Crippen LogP contribution in [0.4, 0.5) is 0 Å². The lowest BCUT2D eigenvalue weighted by Crippen LogP contribution is -2.42. The second-order valence-electron chi connectivity index (χ2n) is 5.12. The minimum absolute atomic E-state index is 0.0543. The molecule has 118 valence electrons. The van der Waals surface area contributed by atoms with Crippen molar-refractivity contribution in [3.8, 4) is 0 Å². The SMILES string of the molecule is CCCNC(=O)CN(C)C(=O)CN(C)CCCCCO. The summed E-state index contributed by atoms with van der Waals surface area (Å²) in [5.74, 6) is -0.172. The lowest BCUT2D eigenvalue weighted by molar-refractivity contribution is -0.135. The Kier molecular flexibility index (Phi) is 11.0. The van der Waals surface area contributed by atoms with Crippen molar-refractivity contribution in [1.82, 2.24) is 15.1 Å². The van der Waals surface area contributed by atoms with Gasteiger partial charge in [0.2, 0.25) is 11.8 Å². The Hall–Kier alpha value is -1.14. The number of amides is 2. The molecular formula is C14H29N3O3. The molecule has 0 spiro atoms. The Morgan fingerprint density at radius 1 is 1.10 bits per heavy atom. The quantitative estimate of drug-likeness (QED) is 0.527. The van der Waals surface area contributed by atoms with Crippen LogP contribution in [-0.2, 0) is 9.59 Å². The molecule has 0 aliphatic rings. The van der Waals surface area contributed by atoms with Gasteiger partial charge in [0.1, 0.15) is 0 Å². The highest BCUT2D eigenvalue weighted by molar-refractivity contribution is 5.85. The van der Waals surface area contributed by atoms with E-state index in [1.165, 1.54) is 4.90 Å². The van der Waals surface area contributed by atoms with Gasteiger partial charge in [0, 0.05) is 20.2 Å². The lowest BCUT2D eigenvalue weighted by Gasteiger charge is -2.21. The van der Waals surface area contributed by atoms with Crippen molar-refractivity contribution in [3.63, 3.8) is 0 Å². The molecule has 0 heterocycles. The van der Waals surface area contributed by atoms with E-state index in [4.69, 9.17) is 5.11 Å². The summed E-state index contributed by atoms with van der Waals surface area (Å²) >= 11 is 0. The second-order valence-corrected chi connectivity index (χ2v) is 5.12. The molecule has 6 heteroatoms. The van der Waals surface area contributed by atoms with Crippen LogP contribution in [0.15, 0.2) is 0 Å². The average Bonchev–Trinajstić information content (AvgIpc) is 2.41. The second kappa shape index (κ2) is 11.7.